The predicted molar refractivity (Wildman–Crippen MR) is 90.6 cm³/mol. The molecule has 2 heterocycles. The fraction of sp³-hybridized carbons (Fsp3) is 0.412. The molecular weight excluding hydrogens is 330 g/mol. The van der Waals surface area contributed by atoms with Gasteiger partial charge in [0.1, 0.15) is 0 Å². The highest BCUT2D eigenvalue weighted by atomic mass is 35.5. The van der Waals surface area contributed by atoms with E-state index in [1.807, 2.05) is 25.1 Å². The van der Waals surface area contributed by atoms with Gasteiger partial charge in [0.2, 0.25) is 0 Å². The number of nitrogens with one attached hydrogen (secondary N) is 1. The smallest absolute Gasteiger partial charge is 0.254 e. The molecule has 24 heavy (non-hydrogen) atoms. The SMILES string of the molecule is Cc1c(C(=O)NCC2(O)CCOCC2)cnn1-c1ccccc1Cl. The van der Waals surface area contributed by atoms with Gasteiger partial charge in [-0.2, -0.15) is 5.10 Å². The van der Waals surface area contributed by atoms with E-state index in [-0.39, 0.29) is 12.5 Å². The number of halogens is 1. The molecule has 1 saturated heterocycles. The lowest BCUT2D eigenvalue weighted by atomic mass is 9.94. The summed E-state index contributed by atoms with van der Waals surface area (Å²) in [6.07, 6.45) is 2.55. The Morgan fingerprint density at radius 3 is 2.83 bits per heavy atom. The molecule has 6 nitrogen and oxygen atoms in total. The van der Waals surface area contributed by atoms with Crippen molar-refractivity contribution in [2.24, 2.45) is 0 Å². The fourth-order valence-corrected chi connectivity index (χ4v) is 2.98. The number of aliphatic hydroxyl groups is 1. The molecule has 1 aromatic heterocycles. The minimum absolute atomic E-state index is 0.200. The maximum atomic E-state index is 12.4. The van der Waals surface area contributed by atoms with Crippen LogP contribution in [0.4, 0.5) is 0 Å². The van der Waals surface area contributed by atoms with Crippen molar-refractivity contribution < 1.29 is 14.6 Å². The molecule has 2 N–H and O–H groups in total. The van der Waals surface area contributed by atoms with E-state index in [9.17, 15) is 9.90 Å². The van der Waals surface area contributed by atoms with E-state index in [0.29, 0.717) is 42.3 Å². The van der Waals surface area contributed by atoms with Gasteiger partial charge in [0.25, 0.3) is 5.91 Å². The van der Waals surface area contributed by atoms with E-state index in [1.54, 1.807) is 10.7 Å². The van der Waals surface area contributed by atoms with Crippen LogP contribution >= 0.6 is 11.6 Å². The van der Waals surface area contributed by atoms with Crippen molar-refractivity contribution in [3.8, 4) is 5.69 Å². The molecule has 0 bridgehead atoms. The Morgan fingerprint density at radius 2 is 2.12 bits per heavy atom. The van der Waals surface area contributed by atoms with Crippen LogP contribution < -0.4 is 5.32 Å². The van der Waals surface area contributed by atoms with Crippen LogP contribution in [0, 0.1) is 6.92 Å². The van der Waals surface area contributed by atoms with Crippen LogP contribution in [0.15, 0.2) is 30.5 Å². The highest BCUT2D eigenvalue weighted by molar-refractivity contribution is 6.32. The van der Waals surface area contributed by atoms with Crippen LogP contribution in [0.2, 0.25) is 5.02 Å². The first-order valence-electron chi connectivity index (χ1n) is 7.88. The van der Waals surface area contributed by atoms with Gasteiger partial charge >= 0.3 is 0 Å². The van der Waals surface area contributed by atoms with Crippen molar-refractivity contribution in [3.05, 3.63) is 46.7 Å². The van der Waals surface area contributed by atoms with E-state index >= 15 is 0 Å². The summed E-state index contributed by atoms with van der Waals surface area (Å²) in [5, 5.41) is 18.1. The summed E-state index contributed by atoms with van der Waals surface area (Å²) >= 11 is 6.19. The third kappa shape index (κ3) is 3.45. The molecule has 0 saturated carbocycles. The number of ether oxygens (including phenoxy) is 1. The molecule has 0 aliphatic carbocycles. The number of nitrogens with zero attached hydrogens (tertiary/aromatic N) is 2. The van der Waals surface area contributed by atoms with E-state index in [4.69, 9.17) is 16.3 Å². The average molecular weight is 350 g/mol. The first kappa shape index (κ1) is 17.0. The van der Waals surface area contributed by atoms with Crippen LogP contribution in [0.1, 0.15) is 28.9 Å². The summed E-state index contributed by atoms with van der Waals surface area (Å²) in [6, 6.07) is 7.32. The minimum Gasteiger partial charge on any atom is -0.388 e. The van der Waals surface area contributed by atoms with Gasteiger partial charge in [0.15, 0.2) is 0 Å². The van der Waals surface area contributed by atoms with Crippen LogP contribution in [-0.2, 0) is 4.74 Å². The normalized spacial score (nSPS) is 16.8. The molecule has 0 spiro atoms. The van der Waals surface area contributed by atoms with E-state index in [2.05, 4.69) is 10.4 Å². The van der Waals surface area contributed by atoms with Crippen LogP contribution in [-0.4, -0.2) is 46.2 Å². The highest BCUT2D eigenvalue weighted by Gasteiger charge is 2.30. The Hall–Kier alpha value is -1.89. The summed E-state index contributed by atoms with van der Waals surface area (Å²) in [4.78, 5) is 12.4. The second kappa shape index (κ2) is 6.93. The van der Waals surface area contributed by atoms with Crippen molar-refractivity contribution in [1.29, 1.82) is 0 Å². The van der Waals surface area contributed by atoms with E-state index in [1.165, 1.54) is 6.20 Å². The number of amides is 1. The molecule has 0 unspecified atom stereocenters. The van der Waals surface area contributed by atoms with Crippen molar-refractivity contribution in [2.45, 2.75) is 25.4 Å². The number of carbonyl (C=O) groups is 1. The molecule has 128 valence electrons. The quantitative estimate of drug-likeness (QED) is 0.886. The van der Waals surface area contributed by atoms with Crippen LogP contribution in [0.25, 0.3) is 5.69 Å². The predicted octanol–water partition coefficient (Wildman–Crippen LogP) is 2.11. The molecule has 2 aromatic rings. The molecule has 0 radical (unpaired) electrons. The van der Waals surface area contributed by atoms with Gasteiger partial charge in [-0.1, -0.05) is 23.7 Å². The van der Waals surface area contributed by atoms with Crippen LogP contribution in [0.5, 0.6) is 0 Å². The number of benzene rings is 1. The molecule has 1 amide bonds. The van der Waals surface area contributed by atoms with Crippen molar-refractivity contribution in [1.82, 2.24) is 15.1 Å². The summed E-state index contributed by atoms with van der Waals surface area (Å²) in [5.74, 6) is -0.259. The molecular formula is C17H20ClN3O3. The van der Waals surface area contributed by atoms with Crippen LogP contribution in [0.3, 0.4) is 0 Å². The van der Waals surface area contributed by atoms with Crippen molar-refractivity contribution in [2.75, 3.05) is 19.8 Å². The fourth-order valence-electron chi connectivity index (χ4n) is 2.77. The standard InChI is InChI=1S/C17H20ClN3O3/c1-12-13(10-20-21(12)15-5-3-2-4-14(15)18)16(22)19-11-17(23)6-8-24-9-7-17/h2-5,10,23H,6-9,11H2,1H3,(H,19,22). The van der Waals surface area contributed by atoms with Gasteiger partial charge in [0.05, 0.1) is 33.8 Å². The monoisotopic (exact) mass is 349 g/mol. The molecule has 1 fully saturated rings. The largest absolute Gasteiger partial charge is 0.388 e. The van der Waals surface area contributed by atoms with Crippen molar-refractivity contribution >= 4 is 17.5 Å². The van der Waals surface area contributed by atoms with E-state index < -0.39 is 5.60 Å². The summed E-state index contributed by atoms with van der Waals surface area (Å²) < 4.78 is 6.88. The summed E-state index contributed by atoms with van der Waals surface area (Å²) in [5.41, 5.74) is 0.976. The zero-order valence-corrected chi connectivity index (χ0v) is 14.2. The third-order valence-corrected chi connectivity index (χ3v) is 4.66. The lowest BCUT2D eigenvalue weighted by Crippen LogP contribution is -2.46. The zero-order valence-electron chi connectivity index (χ0n) is 13.5. The van der Waals surface area contributed by atoms with Gasteiger partial charge in [0, 0.05) is 32.6 Å². The molecule has 0 atom stereocenters. The average Bonchev–Trinajstić information content (AvgIpc) is 2.95. The van der Waals surface area contributed by atoms with Gasteiger partial charge in [-0.3, -0.25) is 4.79 Å². The summed E-state index contributed by atoms with van der Waals surface area (Å²) in [7, 11) is 0. The van der Waals surface area contributed by atoms with Gasteiger partial charge < -0.3 is 15.2 Å². The van der Waals surface area contributed by atoms with Crippen molar-refractivity contribution in [3.63, 3.8) is 0 Å². The lowest BCUT2D eigenvalue weighted by molar-refractivity contribution is -0.0605. The minimum atomic E-state index is -0.902. The molecule has 7 heteroatoms. The number of aromatic nitrogens is 2. The maximum Gasteiger partial charge on any atom is 0.254 e. The Kier molecular flexibility index (Phi) is 4.89. The Labute approximate surface area is 145 Å². The van der Waals surface area contributed by atoms with Gasteiger partial charge in [-0.25, -0.2) is 4.68 Å². The number of rotatable bonds is 4. The Bertz CT molecular complexity index is 738. The first-order chi connectivity index (χ1) is 11.5. The molecule has 1 aliphatic heterocycles. The Balaban J connectivity index is 1.73. The first-order valence-corrected chi connectivity index (χ1v) is 8.26. The third-order valence-electron chi connectivity index (χ3n) is 4.34. The second-order valence-electron chi connectivity index (χ2n) is 6.03. The maximum absolute atomic E-state index is 12.4. The number of para-hydroxylation sites is 1. The number of hydrogen-bond donors (Lipinski definition) is 2. The van der Waals surface area contributed by atoms with Gasteiger partial charge in [-0.15, -0.1) is 0 Å². The second-order valence-corrected chi connectivity index (χ2v) is 6.43. The molecule has 3 rings (SSSR count). The summed E-state index contributed by atoms with van der Waals surface area (Å²) in [6.45, 7) is 3.03. The number of carbonyl (C=O) groups excluding carboxylic acids is 1. The Morgan fingerprint density at radius 1 is 1.42 bits per heavy atom. The zero-order chi connectivity index (χ0) is 17.2. The highest BCUT2D eigenvalue weighted by Crippen LogP contribution is 2.23. The van der Waals surface area contributed by atoms with Gasteiger partial charge in [-0.05, 0) is 19.1 Å². The number of hydrogen-bond acceptors (Lipinski definition) is 4. The molecule has 1 aromatic carbocycles. The van der Waals surface area contributed by atoms with E-state index in [0.717, 1.165) is 5.69 Å². The lowest BCUT2D eigenvalue weighted by Gasteiger charge is -2.32. The molecule has 1 aliphatic rings. The topological polar surface area (TPSA) is 76.4 Å².